The zero-order valence-corrected chi connectivity index (χ0v) is 11.8. The average molecular weight is 284 g/mol. The van der Waals surface area contributed by atoms with Crippen molar-refractivity contribution in [1.29, 1.82) is 0 Å². The van der Waals surface area contributed by atoms with Crippen LogP contribution >= 0.6 is 15.9 Å². The van der Waals surface area contributed by atoms with E-state index in [-0.39, 0.29) is 11.9 Å². The number of hydrogen-bond acceptors (Lipinski definition) is 1. The Morgan fingerprint density at radius 2 is 1.81 bits per heavy atom. The molecule has 0 fully saturated rings. The normalized spacial score (nSPS) is 12.6. The first kappa shape index (κ1) is 13.2. The third kappa shape index (κ3) is 2.85. The summed E-state index contributed by atoms with van der Waals surface area (Å²) in [4.78, 5) is 14.0. The monoisotopic (exact) mass is 283 g/mol. The van der Waals surface area contributed by atoms with Gasteiger partial charge < -0.3 is 4.90 Å². The molecule has 0 radical (unpaired) electrons. The summed E-state index contributed by atoms with van der Waals surface area (Å²) in [5.74, 6) is 0.519. The van der Waals surface area contributed by atoms with Gasteiger partial charge in [-0.25, -0.2) is 0 Å². The van der Waals surface area contributed by atoms with Gasteiger partial charge in [-0.3, -0.25) is 4.79 Å². The van der Waals surface area contributed by atoms with Crippen LogP contribution < -0.4 is 0 Å². The van der Waals surface area contributed by atoms with Crippen molar-refractivity contribution in [3.05, 3.63) is 34.3 Å². The van der Waals surface area contributed by atoms with Crippen LogP contribution in [0.15, 0.2) is 28.7 Å². The van der Waals surface area contributed by atoms with Crippen molar-refractivity contribution in [2.24, 2.45) is 5.92 Å². The van der Waals surface area contributed by atoms with E-state index in [1.807, 2.05) is 31.3 Å². The van der Waals surface area contributed by atoms with Crippen LogP contribution in [0.3, 0.4) is 0 Å². The van der Waals surface area contributed by atoms with Crippen molar-refractivity contribution >= 4 is 21.8 Å². The minimum atomic E-state index is 0.0636. The average Bonchev–Trinajstić information content (AvgIpc) is 2.26. The van der Waals surface area contributed by atoms with E-state index in [2.05, 4.69) is 36.7 Å². The lowest BCUT2D eigenvalue weighted by Gasteiger charge is -2.28. The molecule has 0 saturated carbocycles. The summed E-state index contributed by atoms with van der Waals surface area (Å²) >= 11 is 3.40. The Balaban J connectivity index is 2.91. The molecular weight excluding hydrogens is 266 g/mol. The molecule has 0 saturated heterocycles. The van der Waals surface area contributed by atoms with Gasteiger partial charge >= 0.3 is 0 Å². The number of carbonyl (C=O) groups is 1. The second-order valence-electron chi connectivity index (χ2n) is 4.38. The Hall–Kier alpha value is -0.830. The van der Waals surface area contributed by atoms with Gasteiger partial charge in [0, 0.05) is 17.6 Å². The topological polar surface area (TPSA) is 20.3 Å². The van der Waals surface area contributed by atoms with E-state index in [1.165, 1.54) is 0 Å². The van der Waals surface area contributed by atoms with Crippen LogP contribution in [-0.4, -0.2) is 23.9 Å². The molecule has 1 atom stereocenters. The molecule has 1 amide bonds. The predicted molar refractivity (Wildman–Crippen MR) is 70.5 cm³/mol. The Bertz CT molecular complexity index is 376. The Morgan fingerprint density at radius 1 is 1.25 bits per heavy atom. The smallest absolute Gasteiger partial charge is 0.254 e. The van der Waals surface area contributed by atoms with Crippen LogP contribution in [0.4, 0.5) is 0 Å². The first-order valence-electron chi connectivity index (χ1n) is 5.46. The van der Waals surface area contributed by atoms with Crippen LogP contribution in [0.25, 0.3) is 0 Å². The van der Waals surface area contributed by atoms with Crippen LogP contribution in [0, 0.1) is 5.92 Å². The maximum atomic E-state index is 12.2. The Morgan fingerprint density at radius 3 is 2.31 bits per heavy atom. The molecule has 1 aromatic rings. The summed E-state index contributed by atoms with van der Waals surface area (Å²) in [6.07, 6.45) is 0. The van der Waals surface area contributed by atoms with Crippen molar-refractivity contribution in [3.63, 3.8) is 0 Å². The highest BCUT2D eigenvalue weighted by Crippen LogP contribution is 2.19. The molecule has 0 heterocycles. The minimum Gasteiger partial charge on any atom is -0.339 e. The van der Waals surface area contributed by atoms with Crippen molar-refractivity contribution < 1.29 is 4.79 Å². The quantitative estimate of drug-likeness (QED) is 0.831. The van der Waals surface area contributed by atoms with Gasteiger partial charge in [0.15, 0.2) is 0 Å². The van der Waals surface area contributed by atoms with Crippen LogP contribution in [0.5, 0.6) is 0 Å². The van der Waals surface area contributed by atoms with E-state index in [4.69, 9.17) is 0 Å². The number of nitrogens with zero attached hydrogens (tertiary/aromatic N) is 1. The number of halogens is 1. The maximum Gasteiger partial charge on any atom is 0.254 e. The SMILES string of the molecule is CC(C)C(C)N(C)C(=O)c1ccccc1Br. The van der Waals surface area contributed by atoms with E-state index in [9.17, 15) is 4.79 Å². The molecule has 88 valence electrons. The number of hydrogen-bond donors (Lipinski definition) is 0. The zero-order chi connectivity index (χ0) is 12.3. The number of carbonyl (C=O) groups excluding carboxylic acids is 1. The van der Waals surface area contributed by atoms with Gasteiger partial charge in [0.25, 0.3) is 5.91 Å². The molecule has 3 heteroatoms. The van der Waals surface area contributed by atoms with Gasteiger partial charge in [-0.05, 0) is 40.9 Å². The second-order valence-corrected chi connectivity index (χ2v) is 5.23. The molecule has 1 rings (SSSR count). The molecule has 1 unspecified atom stereocenters. The van der Waals surface area contributed by atoms with Gasteiger partial charge in [-0.15, -0.1) is 0 Å². The van der Waals surface area contributed by atoms with Crippen molar-refractivity contribution in [1.82, 2.24) is 4.90 Å². The first-order valence-corrected chi connectivity index (χ1v) is 6.26. The number of benzene rings is 1. The third-order valence-electron chi connectivity index (χ3n) is 3.00. The van der Waals surface area contributed by atoms with Crippen molar-refractivity contribution in [2.45, 2.75) is 26.8 Å². The Kier molecular flexibility index (Phi) is 4.54. The molecule has 0 aliphatic carbocycles. The summed E-state index contributed by atoms with van der Waals surface area (Å²) in [5, 5.41) is 0. The van der Waals surface area contributed by atoms with E-state index in [0.29, 0.717) is 5.92 Å². The summed E-state index contributed by atoms with van der Waals surface area (Å²) in [6.45, 7) is 6.31. The van der Waals surface area contributed by atoms with Crippen molar-refractivity contribution in [2.75, 3.05) is 7.05 Å². The van der Waals surface area contributed by atoms with E-state index in [0.717, 1.165) is 10.0 Å². The lowest BCUT2D eigenvalue weighted by atomic mass is 10.0. The zero-order valence-electron chi connectivity index (χ0n) is 10.2. The highest BCUT2D eigenvalue weighted by atomic mass is 79.9. The lowest BCUT2D eigenvalue weighted by molar-refractivity contribution is 0.0706. The predicted octanol–water partition coefficient (Wildman–Crippen LogP) is 3.57. The fourth-order valence-electron chi connectivity index (χ4n) is 1.46. The summed E-state index contributed by atoms with van der Waals surface area (Å²) < 4.78 is 0.850. The summed E-state index contributed by atoms with van der Waals surface area (Å²) in [6, 6.07) is 7.76. The van der Waals surface area contributed by atoms with Gasteiger partial charge in [-0.2, -0.15) is 0 Å². The highest BCUT2D eigenvalue weighted by molar-refractivity contribution is 9.10. The molecule has 0 aromatic heterocycles. The molecular formula is C13H18BrNO. The summed E-state index contributed by atoms with van der Waals surface area (Å²) in [7, 11) is 1.85. The van der Waals surface area contributed by atoms with Gasteiger partial charge in [0.1, 0.15) is 0 Å². The van der Waals surface area contributed by atoms with Crippen molar-refractivity contribution in [3.8, 4) is 0 Å². The molecule has 2 nitrogen and oxygen atoms in total. The number of amides is 1. The molecule has 0 aliphatic heterocycles. The van der Waals surface area contributed by atoms with Crippen LogP contribution in [0.2, 0.25) is 0 Å². The second kappa shape index (κ2) is 5.48. The van der Waals surface area contributed by atoms with Crippen LogP contribution in [0.1, 0.15) is 31.1 Å². The van der Waals surface area contributed by atoms with E-state index in [1.54, 1.807) is 4.90 Å². The standard InChI is InChI=1S/C13H18BrNO/c1-9(2)10(3)15(4)13(16)11-7-5-6-8-12(11)14/h5-10H,1-4H3. The van der Waals surface area contributed by atoms with E-state index >= 15 is 0 Å². The molecule has 0 aliphatic rings. The molecule has 0 bridgehead atoms. The van der Waals surface area contributed by atoms with Gasteiger partial charge in [-0.1, -0.05) is 26.0 Å². The number of rotatable bonds is 3. The highest BCUT2D eigenvalue weighted by Gasteiger charge is 2.20. The lowest BCUT2D eigenvalue weighted by Crippen LogP contribution is -2.38. The van der Waals surface area contributed by atoms with Crippen LogP contribution in [-0.2, 0) is 0 Å². The molecule has 0 N–H and O–H groups in total. The van der Waals surface area contributed by atoms with Gasteiger partial charge in [0.05, 0.1) is 5.56 Å². The largest absolute Gasteiger partial charge is 0.339 e. The molecule has 0 spiro atoms. The minimum absolute atomic E-state index is 0.0636. The van der Waals surface area contributed by atoms with Gasteiger partial charge in [0.2, 0.25) is 0 Å². The first-order chi connectivity index (χ1) is 7.45. The third-order valence-corrected chi connectivity index (χ3v) is 3.69. The molecule has 16 heavy (non-hydrogen) atoms. The maximum absolute atomic E-state index is 12.2. The summed E-state index contributed by atoms with van der Waals surface area (Å²) in [5.41, 5.74) is 0.720. The fraction of sp³-hybridized carbons (Fsp3) is 0.462. The molecule has 1 aromatic carbocycles. The van der Waals surface area contributed by atoms with E-state index < -0.39 is 0 Å². The Labute approximate surface area is 106 Å². The fourth-order valence-corrected chi connectivity index (χ4v) is 1.91.